The number of imidazole rings is 1. The number of aromatic amines is 1. The van der Waals surface area contributed by atoms with E-state index in [9.17, 15) is 13.6 Å². The van der Waals surface area contributed by atoms with Crippen molar-refractivity contribution in [3.05, 3.63) is 71.7 Å². The first kappa shape index (κ1) is 20.2. The highest BCUT2D eigenvalue weighted by Crippen LogP contribution is 2.28. The number of benzene rings is 2. The van der Waals surface area contributed by atoms with Crippen LogP contribution in [-0.2, 0) is 16.1 Å². The molecule has 0 saturated carbocycles. The van der Waals surface area contributed by atoms with E-state index in [1.54, 1.807) is 6.20 Å². The van der Waals surface area contributed by atoms with Gasteiger partial charge in [0.25, 0.3) is 0 Å². The summed E-state index contributed by atoms with van der Waals surface area (Å²) in [7, 11) is 0. The van der Waals surface area contributed by atoms with Crippen LogP contribution in [0.5, 0.6) is 0 Å². The van der Waals surface area contributed by atoms with Crippen molar-refractivity contribution < 1.29 is 18.3 Å². The van der Waals surface area contributed by atoms with Gasteiger partial charge in [0.05, 0.1) is 31.1 Å². The number of anilines is 1. The molecular formula is C22H22F2N4O2. The number of aromatic nitrogens is 2. The number of H-pyrrole nitrogens is 1. The summed E-state index contributed by atoms with van der Waals surface area (Å²) in [5.74, 6) is -0.695. The molecule has 0 aliphatic carbocycles. The molecule has 1 saturated heterocycles. The summed E-state index contributed by atoms with van der Waals surface area (Å²) in [6.07, 6.45) is 1.56. The Kier molecular flexibility index (Phi) is 5.87. The van der Waals surface area contributed by atoms with Crippen LogP contribution >= 0.6 is 0 Å². The predicted octanol–water partition coefficient (Wildman–Crippen LogP) is 3.89. The fourth-order valence-corrected chi connectivity index (χ4v) is 3.56. The Morgan fingerprint density at radius 1 is 1.27 bits per heavy atom. The number of halogens is 2. The molecule has 8 heteroatoms. The molecule has 1 fully saturated rings. The Labute approximate surface area is 172 Å². The molecule has 0 bridgehead atoms. The Balaban J connectivity index is 1.51. The number of carbonyl (C=O) groups excluding carboxylic acids is 1. The van der Waals surface area contributed by atoms with E-state index in [-0.39, 0.29) is 17.5 Å². The molecule has 30 heavy (non-hydrogen) atoms. The van der Waals surface area contributed by atoms with Gasteiger partial charge in [-0.1, -0.05) is 12.1 Å². The van der Waals surface area contributed by atoms with Gasteiger partial charge in [0.2, 0.25) is 5.91 Å². The number of morpholine rings is 1. The third-order valence-corrected chi connectivity index (χ3v) is 5.03. The first-order valence-electron chi connectivity index (χ1n) is 9.68. The van der Waals surface area contributed by atoms with Gasteiger partial charge in [0.15, 0.2) is 0 Å². The Hall–Kier alpha value is -3.10. The Morgan fingerprint density at radius 3 is 2.80 bits per heavy atom. The molecule has 156 valence electrons. The minimum absolute atomic E-state index is 0.109. The summed E-state index contributed by atoms with van der Waals surface area (Å²) in [4.78, 5) is 21.0. The van der Waals surface area contributed by atoms with E-state index in [1.807, 2.05) is 24.3 Å². The van der Waals surface area contributed by atoms with E-state index in [1.165, 1.54) is 19.1 Å². The van der Waals surface area contributed by atoms with Crippen molar-refractivity contribution in [2.75, 3.05) is 25.1 Å². The second kappa shape index (κ2) is 8.73. The van der Waals surface area contributed by atoms with Crippen molar-refractivity contribution >= 4 is 11.6 Å². The molecule has 0 unspecified atom stereocenters. The van der Waals surface area contributed by atoms with E-state index < -0.39 is 11.6 Å². The lowest BCUT2D eigenvalue weighted by molar-refractivity contribution is -0.114. The molecule has 0 spiro atoms. The lowest BCUT2D eigenvalue weighted by Crippen LogP contribution is -2.39. The lowest BCUT2D eigenvalue weighted by atomic mass is 10.1. The van der Waals surface area contributed by atoms with Crippen LogP contribution in [0, 0.1) is 11.6 Å². The van der Waals surface area contributed by atoms with Gasteiger partial charge in [-0.15, -0.1) is 0 Å². The number of nitrogens with one attached hydrogen (secondary N) is 2. The van der Waals surface area contributed by atoms with Crippen LogP contribution in [0.15, 0.2) is 48.7 Å². The maximum absolute atomic E-state index is 14.1. The molecule has 1 aliphatic rings. The van der Waals surface area contributed by atoms with E-state index in [4.69, 9.17) is 4.74 Å². The molecule has 2 heterocycles. The second-order valence-electron chi connectivity index (χ2n) is 7.25. The summed E-state index contributed by atoms with van der Waals surface area (Å²) in [6.45, 7) is 3.94. The molecule has 0 radical (unpaired) electrons. The maximum atomic E-state index is 14.1. The van der Waals surface area contributed by atoms with Crippen molar-refractivity contribution in [3.63, 3.8) is 0 Å². The van der Waals surface area contributed by atoms with Crippen LogP contribution in [0.4, 0.5) is 14.5 Å². The number of carbonyl (C=O) groups is 1. The number of amides is 1. The van der Waals surface area contributed by atoms with E-state index in [2.05, 4.69) is 20.2 Å². The molecule has 4 rings (SSSR count). The van der Waals surface area contributed by atoms with E-state index in [0.717, 1.165) is 23.9 Å². The van der Waals surface area contributed by atoms with E-state index in [0.29, 0.717) is 31.3 Å². The zero-order valence-electron chi connectivity index (χ0n) is 16.5. The van der Waals surface area contributed by atoms with Crippen molar-refractivity contribution in [3.8, 4) is 11.3 Å². The first-order chi connectivity index (χ1) is 14.5. The van der Waals surface area contributed by atoms with Crippen LogP contribution in [0.1, 0.15) is 24.4 Å². The van der Waals surface area contributed by atoms with Crippen LogP contribution in [0.25, 0.3) is 11.3 Å². The van der Waals surface area contributed by atoms with Gasteiger partial charge in [-0.3, -0.25) is 9.69 Å². The standard InChI is InChI=1S/C22H22F2N4O2/c1-14(29)26-17-5-2-15(3-6-17)12-28-8-9-30-13-21(28)22-25-11-20(27-22)18-7-4-16(23)10-19(18)24/h2-7,10-11,21H,8-9,12-13H2,1H3,(H,25,27)(H,26,29)/t21-/m0/s1. The molecule has 1 aromatic heterocycles. The summed E-state index contributed by atoms with van der Waals surface area (Å²) >= 11 is 0. The number of hydrogen-bond acceptors (Lipinski definition) is 4. The second-order valence-corrected chi connectivity index (χ2v) is 7.25. The topological polar surface area (TPSA) is 70.2 Å². The Bertz CT molecular complexity index is 1040. The number of rotatable bonds is 5. The van der Waals surface area contributed by atoms with Gasteiger partial charge in [-0.25, -0.2) is 13.8 Å². The summed E-state index contributed by atoms with van der Waals surface area (Å²) < 4.78 is 33.0. The molecule has 6 nitrogen and oxygen atoms in total. The zero-order valence-corrected chi connectivity index (χ0v) is 16.5. The molecule has 2 aromatic carbocycles. The summed E-state index contributed by atoms with van der Waals surface area (Å²) in [6, 6.07) is 11.0. The fourth-order valence-electron chi connectivity index (χ4n) is 3.56. The van der Waals surface area contributed by atoms with Crippen LogP contribution in [0.3, 0.4) is 0 Å². The molecular weight excluding hydrogens is 390 g/mol. The van der Waals surface area contributed by atoms with Crippen LogP contribution in [-0.4, -0.2) is 40.5 Å². The van der Waals surface area contributed by atoms with Crippen molar-refractivity contribution in [1.82, 2.24) is 14.9 Å². The monoisotopic (exact) mass is 412 g/mol. The Morgan fingerprint density at radius 2 is 2.07 bits per heavy atom. The average Bonchev–Trinajstić information content (AvgIpc) is 3.19. The minimum Gasteiger partial charge on any atom is -0.378 e. The van der Waals surface area contributed by atoms with Crippen LogP contribution < -0.4 is 5.32 Å². The third kappa shape index (κ3) is 4.55. The maximum Gasteiger partial charge on any atom is 0.221 e. The van der Waals surface area contributed by atoms with Gasteiger partial charge in [-0.2, -0.15) is 0 Å². The van der Waals surface area contributed by atoms with Gasteiger partial charge < -0.3 is 15.0 Å². The molecule has 3 aromatic rings. The van der Waals surface area contributed by atoms with Gasteiger partial charge in [0, 0.05) is 37.3 Å². The predicted molar refractivity (Wildman–Crippen MR) is 109 cm³/mol. The molecule has 1 amide bonds. The van der Waals surface area contributed by atoms with E-state index >= 15 is 0 Å². The van der Waals surface area contributed by atoms with Gasteiger partial charge >= 0.3 is 0 Å². The number of hydrogen-bond donors (Lipinski definition) is 2. The average molecular weight is 412 g/mol. The highest BCUT2D eigenvalue weighted by Gasteiger charge is 2.27. The zero-order chi connectivity index (χ0) is 21.1. The van der Waals surface area contributed by atoms with Gasteiger partial charge in [-0.05, 0) is 29.8 Å². The third-order valence-electron chi connectivity index (χ3n) is 5.03. The van der Waals surface area contributed by atoms with Crippen LogP contribution in [0.2, 0.25) is 0 Å². The van der Waals surface area contributed by atoms with Crippen molar-refractivity contribution in [2.24, 2.45) is 0 Å². The lowest BCUT2D eigenvalue weighted by Gasteiger charge is -2.34. The highest BCUT2D eigenvalue weighted by atomic mass is 19.1. The SMILES string of the molecule is CC(=O)Nc1ccc(CN2CCOC[C@H]2c2ncc(-c3ccc(F)cc3F)[nH]2)cc1. The quantitative estimate of drug-likeness (QED) is 0.667. The smallest absolute Gasteiger partial charge is 0.221 e. The molecule has 1 aliphatic heterocycles. The van der Waals surface area contributed by atoms with Crippen molar-refractivity contribution in [1.29, 1.82) is 0 Å². The largest absolute Gasteiger partial charge is 0.378 e. The summed E-state index contributed by atoms with van der Waals surface area (Å²) in [5.41, 5.74) is 2.61. The highest BCUT2D eigenvalue weighted by molar-refractivity contribution is 5.88. The number of ether oxygens (including phenoxy) is 1. The minimum atomic E-state index is -0.638. The normalized spacial score (nSPS) is 17.1. The fraction of sp³-hybridized carbons (Fsp3) is 0.273. The molecule has 1 atom stereocenters. The summed E-state index contributed by atoms with van der Waals surface area (Å²) in [5, 5.41) is 2.75. The first-order valence-corrected chi connectivity index (χ1v) is 9.68. The molecule has 2 N–H and O–H groups in total. The van der Waals surface area contributed by atoms with Crippen molar-refractivity contribution in [2.45, 2.75) is 19.5 Å². The number of nitrogens with zero attached hydrogens (tertiary/aromatic N) is 2. The van der Waals surface area contributed by atoms with Gasteiger partial charge in [0.1, 0.15) is 17.5 Å².